The maximum atomic E-state index is 5.44. The zero-order valence-electron chi connectivity index (χ0n) is 28.0. The highest BCUT2D eigenvalue weighted by Crippen LogP contribution is 2.37. The molecule has 8 bridgehead atoms. The number of nitrogens with zero attached hydrogens (tertiary/aromatic N) is 4. The lowest BCUT2D eigenvalue weighted by Gasteiger charge is -2.12. The molecule has 0 saturated heterocycles. The molecule has 50 heavy (non-hydrogen) atoms. The molecule has 5 heterocycles. The van der Waals surface area contributed by atoms with Crippen LogP contribution in [0.25, 0.3) is 22.3 Å². The van der Waals surface area contributed by atoms with E-state index in [0.29, 0.717) is 0 Å². The lowest BCUT2D eigenvalue weighted by Crippen LogP contribution is -2.30. The first-order chi connectivity index (χ1) is 24.6. The van der Waals surface area contributed by atoms with Gasteiger partial charge in [0.15, 0.2) is 0 Å². The second kappa shape index (κ2) is 12.2. The van der Waals surface area contributed by atoms with Crippen molar-refractivity contribution in [1.82, 2.24) is 9.13 Å². The number of aliphatic imine (C=N–C) groups is 2. The third-order valence-electron chi connectivity index (χ3n) is 9.74. The van der Waals surface area contributed by atoms with Gasteiger partial charge in [-0.15, -0.1) is 0 Å². The molecule has 0 amide bonds. The molecule has 0 aliphatic carbocycles. The fourth-order valence-corrected chi connectivity index (χ4v) is 7.41. The molecule has 4 heteroatoms. The number of benzene rings is 4. The Hall–Kier alpha value is -6.52. The Labute approximate surface area is 291 Å². The van der Waals surface area contributed by atoms with Crippen molar-refractivity contribution in [2.45, 2.75) is 0 Å². The van der Waals surface area contributed by atoms with E-state index in [0.717, 1.165) is 89.3 Å². The van der Waals surface area contributed by atoms with E-state index in [1.54, 1.807) is 0 Å². The molecule has 3 aliphatic rings. The first-order valence-corrected chi connectivity index (χ1v) is 17.0. The molecule has 6 aromatic rings. The first kappa shape index (κ1) is 29.6. The Morgan fingerprint density at radius 3 is 1.26 bits per heavy atom. The summed E-state index contributed by atoms with van der Waals surface area (Å²) < 4.78 is 4.52. The molecule has 0 atom stereocenters. The minimum absolute atomic E-state index is 0.931. The van der Waals surface area contributed by atoms with E-state index in [2.05, 4.69) is 193 Å². The van der Waals surface area contributed by atoms with E-state index < -0.39 is 0 Å². The summed E-state index contributed by atoms with van der Waals surface area (Å²) in [6, 6.07) is 49.2. The number of rotatable bonds is 4. The van der Waals surface area contributed by atoms with Gasteiger partial charge >= 0.3 is 0 Å². The van der Waals surface area contributed by atoms with E-state index in [1.165, 1.54) is 0 Å². The summed E-state index contributed by atoms with van der Waals surface area (Å²) in [7, 11) is 4.28. The summed E-state index contributed by atoms with van der Waals surface area (Å²) in [6.07, 6.45) is 10.9. The van der Waals surface area contributed by atoms with Crippen LogP contribution in [-0.4, -0.2) is 20.6 Å². The average molecular weight is 643 g/mol. The highest BCUT2D eigenvalue weighted by molar-refractivity contribution is 6.31. The van der Waals surface area contributed by atoms with E-state index >= 15 is 0 Å². The Morgan fingerprint density at radius 2 is 0.800 bits per heavy atom. The zero-order chi connectivity index (χ0) is 33.6. The average Bonchev–Trinajstić information content (AvgIpc) is 3.98. The van der Waals surface area contributed by atoms with Gasteiger partial charge in [-0.1, -0.05) is 121 Å². The first-order valence-electron chi connectivity index (χ1n) is 17.0. The molecule has 2 aromatic heterocycles. The van der Waals surface area contributed by atoms with Crippen LogP contribution in [0.4, 0.5) is 0 Å². The summed E-state index contributed by atoms with van der Waals surface area (Å²) in [5, 5.41) is 2.17. The molecule has 9 rings (SSSR count). The third kappa shape index (κ3) is 5.01. The molecule has 0 saturated carbocycles. The topological polar surface area (TPSA) is 34.6 Å². The van der Waals surface area contributed by atoms with Crippen molar-refractivity contribution in [2.24, 2.45) is 24.1 Å². The molecule has 0 fully saturated rings. The summed E-state index contributed by atoms with van der Waals surface area (Å²) in [5.74, 6) is 0. The largest absolute Gasteiger partial charge is 0.350 e. The predicted molar refractivity (Wildman–Crippen MR) is 206 cm³/mol. The molecule has 0 unspecified atom stereocenters. The summed E-state index contributed by atoms with van der Waals surface area (Å²) in [6.45, 7) is 0. The third-order valence-corrected chi connectivity index (χ3v) is 9.74. The second-order valence-electron chi connectivity index (χ2n) is 12.8. The Balaban J connectivity index is 1.46. The van der Waals surface area contributed by atoms with Crippen LogP contribution >= 0.6 is 0 Å². The van der Waals surface area contributed by atoms with Crippen LogP contribution in [-0.2, 0) is 14.1 Å². The van der Waals surface area contributed by atoms with Gasteiger partial charge in [0.2, 0.25) is 0 Å². The van der Waals surface area contributed by atoms with Gasteiger partial charge in [0.05, 0.1) is 39.2 Å². The molecule has 0 N–H and O–H groups in total. The van der Waals surface area contributed by atoms with Crippen LogP contribution in [0.2, 0.25) is 0 Å². The van der Waals surface area contributed by atoms with Crippen LogP contribution in [0.5, 0.6) is 0 Å². The normalized spacial score (nSPS) is 15.2. The smallest absolute Gasteiger partial charge is 0.0737 e. The highest BCUT2D eigenvalue weighted by atomic mass is 14.9. The van der Waals surface area contributed by atoms with Crippen molar-refractivity contribution < 1.29 is 0 Å². The van der Waals surface area contributed by atoms with Gasteiger partial charge in [0.25, 0.3) is 0 Å². The fraction of sp³-hybridized carbons (Fsp3) is 0.0435. The van der Waals surface area contributed by atoms with Gasteiger partial charge in [-0.2, -0.15) is 0 Å². The number of aromatic nitrogens is 2. The van der Waals surface area contributed by atoms with Gasteiger partial charge in [0.1, 0.15) is 0 Å². The maximum Gasteiger partial charge on any atom is 0.0737 e. The molecule has 0 spiro atoms. The second-order valence-corrected chi connectivity index (χ2v) is 12.8. The van der Waals surface area contributed by atoms with Crippen LogP contribution in [0, 0.1) is 0 Å². The number of hydrogen-bond donors (Lipinski definition) is 0. The zero-order valence-corrected chi connectivity index (χ0v) is 28.0. The Morgan fingerprint density at radius 1 is 0.400 bits per heavy atom. The van der Waals surface area contributed by atoms with Crippen molar-refractivity contribution in [3.63, 3.8) is 0 Å². The van der Waals surface area contributed by atoms with Crippen molar-refractivity contribution in [1.29, 1.82) is 0 Å². The van der Waals surface area contributed by atoms with Gasteiger partial charge < -0.3 is 9.13 Å². The SMILES string of the molecule is Cn1cc2cc1C(c1ccccc1)=C1C=CC(=N1)C(c1ccccc1)=c1ccc(n1C)=C(c1ccccc1)C1=NC(=C2c2ccccc2)C=C1. The Bertz CT molecular complexity index is 2610. The van der Waals surface area contributed by atoms with Crippen molar-refractivity contribution in [3.05, 3.63) is 226 Å². The highest BCUT2D eigenvalue weighted by Gasteiger charge is 2.24. The Kier molecular flexibility index (Phi) is 7.21. The molecule has 0 radical (unpaired) electrons. The fourth-order valence-electron chi connectivity index (χ4n) is 7.41. The van der Waals surface area contributed by atoms with E-state index in [1.807, 2.05) is 0 Å². The van der Waals surface area contributed by atoms with Crippen LogP contribution in [0.1, 0.15) is 33.5 Å². The quantitative estimate of drug-likeness (QED) is 0.187. The number of aryl methyl sites for hydroxylation is 1. The predicted octanol–water partition coefficient (Wildman–Crippen LogP) is 8.02. The number of allylic oxidation sites excluding steroid dienone is 4. The van der Waals surface area contributed by atoms with Crippen LogP contribution < -0.4 is 10.7 Å². The summed E-state index contributed by atoms with van der Waals surface area (Å²) in [5.41, 5.74) is 14.7. The molecule has 238 valence electrons. The molecular weight excluding hydrogens is 609 g/mol. The van der Waals surface area contributed by atoms with Crippen molar-refractivity contribution in [3.8, 4) is 0 Å². The van der Waals surface area contributed by atoms with Gasteiger partial charge in [0, 0.05) is 48.1 Å². The summed E-state index contributed by atoms with van der Waals surface area (Å²) in [4.78, 5) is 10.9. The number of hydrogen-bond acceptors (Lipinski definition) is 2. The van der Waals surface area contributed by atoms with E-state index in [4.69, 9.17) is 9.98 Å². The lowest BCUT2D eigenvalue weighted by molar-refractivity contribution is 0.856. The van der Waals surface area contributed by atoms with Gasteiger partial charge in [-0.05, 0) is 64.8 Å². The minimum atomic E-state index is 0.931. The lowest BCUT2D eigenvalue weighted by atomic mass is 9.96. The number of fused-ring (bicyclic) bond motifs is 6. The van der Waals surface area contributed by atoms with Crippen molar-refractivity contribution in [2.75, 3.05) is 0 Å². The van der Waals surface area contributed by atoms with E-state index in [-0.39, 0.29) is 0 Å². The van der Waals surface area contributed by atoms with Gasteiger partial charge in [-0.25, -0.2) is 9.98 Å². The minimum Gasteiger partial charge on any atom is -0.350 e. The van der Waals surface area contributed by atoms with Crippen LogP contribution in [0.15, 0.2) is 191 Å². The van der Waals surface area contributed by atoms with Crippen LogP contribution in [0.3, 0.4) is 0 Å². The molecular formula is C46H34N4. The monoisotopic (exact) mass is 642 g/mol. The van der Waals surface area contributed by atoms with E-state index in [9.17, 15) is 0 Å². The standard InChI is InChI=1S/C46H34N4/c1-49-30-35-29-42(49)46(34-21-13-6-14-22-34)39-26-25-38(48-39)45(33-19-11-5-12-20-33)41-28-27-40(50(41)2)44(32-17-9-4-10-18-32)37-24-23-36(47-37)43(35)31-15-7-3-8-16-31/h3-30H,1-2H3. The van der Waals surface area contributed by atoms with Crippen molar-refractivity contribution >= 4 is 33.7 Å². The van der Waals surface area contributed by atoms with Gasteiger partial charge in [-0.3, -0.25) is 0 Å². The molecule has 4 aromatic carbocycles. The molecule has 4 nitrogen and oxygen atoms in total. The maximum absolute atomic E-state index is 5.44. The molecule has 3 aliphatic heterocycles. The summed E-state index contributed by atoms with van der Waals surface area (Å²) >= 11 is 0.